The lowest BCUT2D eigenvalue weighted by Gasteiger charge is -2.44. The van der Waals surface area contributed by atoms with E-state index >= 15 is 0 Å². The molecule has 0 N–H and O–H groups in total. The molecule has 0 unspecified atom stereocenters. The Labute approximate surface area is 256 Å². The average molecular weight is 601 g/mol. The van der Waals surface area contributed by atoms with E-state index in [1.165, 1.54) is 6.07 Å². The van der Waals surface area contributed by atoms with Crippen LogP contribution < -0.4 is 10.2 Å². The van der Waals surface area contributed by atoms with E-state index in [4.69, 9.17) is 18.6 Å². The smallest absolute Gasteiger partial charge is 0.410 e. The van der Waals surface area contributed by atoms with Crippen LogP contribution >= 0.6 is 0 Å². The molecule has 0 aliphatic carbocycles. The van der Waals surface area contributed by atoms with Crippen molar-refractivity contribution in [3.8, 4) is 5.75 Å². The molecule has 2 heterocycles. The van der Waals surface area contributed by atoms with E-state index in [9.17, 15) is 14.4 Å². The minimum Gasteiger partial charge on any atom is -0.483 e. The summed E-state index contributed by atoms with van der Waals surface area (Å²) in [5.74, 6) is 0.939. The first-order valence-electron chi connectivity index (χ1n) is 16.3. The molecule has 0 saturated carbocycles. The Kier molecular flexibility index (Phi) is 12.8. The molecule has 2 atom stereocenters. The summed E-state index contributed by atoms with van der Waals surface area (Å²) >= 11 is 0. The third kappa shape index (κ3) is 8.45. The molecule has 9 heteroatoms. The standard InChI is InChI=1S/C34H52N2O7/c1-8-13-19-35(20-14-9-2)32(38)41-30-28-27(18-17-25-26(37)23-24(12-5)40-29(25)28)43-34(6,7)31(30)42-33(39)36(21-15-10-3)22-16-11-4/h17-18,23,30-31H,8-16,19-22H2,1-7H3/t30-,31-/m1/s1. The number of hydrogen-bond acceptors (Lipinski definition) is 7. The first-order valence-corrected chi connectivity index (χ1v) is 16.3. The summed E-state index contributed by atoms with van der Waals surface area (Å²) in [5.41, 5.74) is -0.543. The molecule has 43 heavy (non-hydrogen) atoms. The maximum atomic E-state index is 13.8. The van der Waals surface area contributed by atoms with Gasteiger partial charge in [0.25, 0.3) is 0 Å². The van der Waals surface area contributed by atoms with Crippen molar-refractivity contribution in [2.24, 2.45) is 0 Å². The number of hydrogen-bond donors (Lipinski definition) is 0. The minimum absolute atomic E-state index is 0.192. The molecule has 0 bridgehead atoms. The number of rotatable bonds is 15. The summed E-state index contributed by atoms with van der Waals surface area (Å²) in [4.78, 5) is 44.1. The quantitative estimate of drug-likeness (QED) is 0.204. The Morgan fingerprint density at radius 2 is 1.33 bits per heavy atom. The van der Waals surface area contributed by atoms with Crippen molar-refractivity contribution in [3.05, 3.63) is 39.7 Å². The summed E-state index contributed by atoms with van der Waals surface area (Å²) in [6, 6.07) is 4.87. The molecule has 0 saturated heterocycles. The lowest BCUT2D eigenvalue weighted by molar-refractivity contribution is -0.125. The Hall–Kier alpha value is -3.23. The van der Waals surface area contributed by atoms with Gasteiger partial charge in [0.05, 0.1) is 10.9 Å². The van der Waals surface area contributed by atoms with E-state index < -0.39 is 30.0 Å². The second-order valence-corrected chi connectivity index (χ2v) is 12.0. The van der Waals surface area contributed by atoms with Gasteiger partial charge in [-0.25, -0.2) is 9.59 Å². The second-order valence-electron chi connectivity index (χ2n) is 12.0. The number of aryl methyl sites for hydroxylation is 1. The van der Waals surface area contributed by atoms with Gasteiger partial charge < -0.3 is 28.4 Å². The molecule has 0 radical (unpaired) electrons. The molecule has 1 aliphatic heterocycles. The van der Waals surface area contributed by atoms with Crippen molar-refractivity contribution in [2.75, 3.05) is 26.2 Å². The zero-order valence-electron chi connectivity index (χ0n) is 27.3. The molecular formula is C34H52N2O7. The van der Waals surface area contributed by atoms with Gasteiger partial charge in [-0.1, -0.05) is 60.3 Å². The van der Waals surface area contributed by atoms with Crippen molar-refractivity contribution < 1.29 is 28.2 Å². The normalized spacial score (nSPS) is 17.2. The van der Waals surface area contributed by atoms with Gasteiger partial charge in [-0.05, 0) is 51.7 Å². The van der Waals surface area contributed by atoms with Gasteiger partial charge in [-0.15, -0.1) is 0 Å². The number of fused-ring (bicyclic) bond motifs is 3. The Morgan fingerprint density at radius 1 is 0.814 bits per heavy atom. The lowest BCUT2D eigenvalue weighted by Crippen LogP contribution is -2.54. The van der Waals surface area contributed by atoms with Crippen LogP contribution in [0.4, 0.5) is 9.59 Å². The summed E-state index contributed by atoms with van der Waals surface area (Å²) in [5, 5.41) is 0.353. The summed E-state index contributed by atoms with van der Waals surface area (Å²) in [6.07, 6.45) is 4.63. The van der Waals surface area contributed by atoms with E-state index in [1.807, 2.05) is 20.8 Å². The summed E-state index contributed by atoms with van der Waals surface area (Å²) in [7, 11) is 0. The fourth-order valence-corrected chi connectivity index (χ4v) is 5.34. The van der Waals surface area contributed by atoms with Crippen LogP contribution in [0.2, 0.25) is 0 Å². The molecule has 2 aromatic rings. The molecule has 2 amide bonds. The number of nitrogens with zero attached hydrogens (tertiary/aromatic N) is 2. The highest BCUT2D eigenvalue weighted by atomic mass is 16.6. The van der Waals surface area contributed by atoms with Crippen molar-refractivity contribution in [3.63, 3.8) is 0 Å². The highest BCUT2D eigenvalue weighted by Gasteiger charge is 2.51. The third-order valence-corrected chi connectivity index (χ3v) is 8.01. The van der Waals surface area contributed by atoms with E-state index in [0.29, 0.717) is 60.6 Å². The number of carbonyl (C=O) groups excluding carboxylic acids is 2. The van der Waals surface area contributed by atoms with Crippen LogP contribution in [0, 0.1) is 0 Å². The largest absolute Gasteiger partial charge is 0.483 e. The minimum atomic E-state index is -1.06. The molecule has 1 aliphatic rings. The van der Waals surface area contributed by atoms with Crippen LogP contribution in [0.3, 0.4) is 0 Å². The van der Waals surface area contributed by atoms with Gasteiger partial charge >= 0.3 is 12.2 Å². The molecule has 240 valence electrons. The predicted octanol–water partition coefficient (Wildman–Crippen LogP) is 8.01. The van der Waals surface area contributed by atoms with Gasteiger partial charge in [0.15, 0.2) is 17.6 Å². The molecule has 1 aromatic heterocycles. The summed E-state index contributed by atoms with van der Waals surface area (Å²) in [6.45, 7) is 16.2. The van der Waals surface area contributed by atoms with Crippen LogP contribution in [0.25, 0.3) is 11.0 Å². The van der Waals surface area contributed by atoms with Gasteiger partial charge in [-0.2, -0.15) is 0 Å². The van der Waals surface area contributed by atoms with Gasteiger partial charge in [-0.3, -0.25) is 4.79 Å². The second kappa shape index (κ2) is 16.0. The van der Waals surface area contributed by atoms with Crippen molar-refractivity contribution in [1.29, 1.82) is 0 Å². The van der Waals surface area contributed by atoms with Crippen LogP contribution in [0.15, 0.2) is 27.4 Å². The monoisotopic (exact) mass is 600 g/mol. The molecular weight excluding hydrogens is 548 g/mol. The Morgan fingerprint density at radius 3 is 1.81 bits per heavy atom. The molecule has 0 fully saturated rings. The first kappa shape index (κ1) is 34.3. The van der Waals surface area contributed by atoms with E-state index in [0.717, 1.165) is 51.4 Å². The zero-order valence-corrected chi connectivity index (χ0v) is 27.3. The molecule has 3 rings (SSSR count). The number of benzene rings is 1. The highest BCUT2D eigenvalue weighted by molar-refractivity contribution is 5.84. The van der Waals surface area contributed by atoms with Crippen LogP contribution in [0.5, 0.6) is 5.75 Å². The van der Waals surface area contributed by atoms with E-state index in [2.05, 4.69) is 27.7 Å². The van der Waals surface area contributed by atoms with E-state index in [1.54, 1.807) is 21.9 Å². The SMILES string of the molecule is CCCCN(CCCC)C(=O)O[C@@H]1c2c(ccc3c(=O)cc(CC)oc23)OC(C)(C)[C@@H]1OC(=O)N(CCCC)CCCC. The van der Waals surface area contributed by atoms with Crippen LogP contribution in [0.1, 0.15) is 117 Å². The number of ether oxygens (including phenoxy) is 3. The molecule has 0 spiro atoms. The Bertz CT molecular complexity index is 1260. The summed E-state index contributed by atoms with van der Waals surface area (Å²) < 4.78 is 25.3. The molecule has 9 nitrogen and oxygen atoms in total. The van der Waals surface area contributed by atoms with E-state index in [-0.39, 0.29) is 5.43 Å². The topological polar surface area (TPSA) is 98.5 Å². The zero-order chi connectivity index (χ0) is 31.6. The fourth-order valence-electron chi connectivity index (χ4n) is 5.34. The van der Waals surface area contributed by atoms with Crippen LogP contribution in [-0.4, -0.2) is 59.9 Å². The van der Waals surface area contributed by atoms with Gasteiger partial charge in [0.2, 0.25) is 0 Å². The number of amides is 2. The van der Waals surface area contributed by atoms with Crippen molar-refractivity contribution in [1.82, 2.24) is 9.80 Å². The van der Waals surface area contributed by atoms with Gasteiger partial charge in [0.1, 0.15) is 22.7 Å². The van der Waals surface area contributed by atoms with Gasteiger partial charge in [0, 0.05) is 38.7 Å². The highest BCUT2D eigenvalue weighted by Crippen LogP contribution is 2.46. The maximum absolute atomic E-state index is 13.8. The maximum Gasteiger partial charge on any atom is 0.410 e. The average Bonchev–Trinajstić information content (AvgIpc) is 2.98. The number of carbonyl (C=O) groups is 2. The fraction of sp³-hybridized carbons (Fsp3) is 0.676. The number of unbranched alkanes of at least 4 members (excludes halogenated alkanes) is 4. The Balaban J connectivity index is 2.14. The third-order valence-electron chi connectivity index (χ3n) is 8.01. The molecule has 1 aromatic carbocycles. The van der Waals surface area contributed by atoms with Crippen LogP contribution in [-0.2, 0) is 15.9 Å². The predicted molar refractivity (Wildman–Crippen MR) is 169 cm³/mol. The van der Waals surface area contributed by atoms with Crippen molar-refractivity contribution in [2.45, 2.75) is 124 Å². The first-order chi connectivity index (χ1) is 20.6. The van der Waals surface area contributed by atoms with Crippen molar-refractivity contribution >= 4 is 23.2 Å². The lowest BCUT2D eigenvalue weighted by atomic mass is 9.87.